The average molecular weight is 396 g/mol. The van der Waals surface area contributed by atoms with Crippen LogP contribution in [0.3, 0.4) is 0 Å². The van der Waals surface area contributed by atoms with Gasteiger partial charge >= 0.3 is 6.18 Å². The molecule has 1 N–H and O–H groups in total. The van der Waals surface area contributed by atoms with Crippen LogP contribution in [0.15, 0.2) is 29.4 Å². The summed E-state index contributed by atoms with van der Waals surface area (Å²) in [7, 11) is 0. The Morgan fingerprint density at radius 2 is 2.04 bits per heavy atom. The fraction of sp³-hybridized carbons (Fsp3) is 0.619. The molecule has 0 unspecified atom stereocenters. The lowest BCUT2D eigenvalue weighted by atomic mass is 9.64. The van der Waals surface area contributed by atoms with Crippen LogP contribution in [0.5, 0.6) is 0 Å². The van der Waals surface area contributed by atoms with Gasteiger partial charge in [0.1, 0.15) is 0 Å². The minimum Gasteiger partial charge on any atom is -0.362 e. The number of rotatable bonds is 3. The van der Waals surface area contributed by atoms with Crippen molar-refractivity contribution in [3.8, 4) is 0 Å². The van der Waals surface area contributed by atoms with Crippen LogP contribution in [0, 0.1) is 24.2 Å². The molecule has 28 heavy (non-hydrogen) atoms. The minimum absolute atomic E-state index is 0.0179. The predicted octanol–water partition coefficient (Wildman–Crippen LogP) is 4.91. The molecule has 154 valence electrons. The van der Waals surface area contributed by atoms with Crippen molar-refractivity contribution < 1.29 is 23.1 Å². The summed E-state index contributed by atoms with van der Waals surface area (Å²) in [6, 6.07) is 6.30. The van der Waals surface area contributed by atoms with E-state index in [4.69, 9.17) is 0 Å². The lowest BCUT2D eigenvalue weighted by Gasteiger charge is -2.43. The number of aliphatic hydroxyl groups is 1. The van der Waals surface area contributed by atoms with E-state index in [0.717, 1.165) is 12.0 Å². The fourth-order valence-corrected chi connectivity index (χ4v) is 4.32. The van der Waals surface area contributed by atoms with E-state index in [-0.39, 0.29) is 34.0 Å². The predicted molar refractivity (Wildman–Crippen MR) is 101 cm³/mol. The van der Waals surface area contributed by atoms with E-state index in [2.05, 4.69) is 5.10 Å². The van der Waals surface area contributed by atoms with Crippen molar-refractivity contribution in [3.63, 3.8) is 0 Å². The molecule has 0 saturated heterocycles. The number of aryl methyl sites for hydroxylation is 1. The molecular weight excluding hydrogens is 369 g/mol. The maximum atomic E-state index is 14.1. The number of benzene rings is 1. The van der Waals surface area contributed by atoms with Crippen LogP contribution in [-0.2, 0) is 0 Å². The van der Waals surface area contributed by atoms with Crippen LogP contribution in [-0.4, -0.2) is 33.6 Å². The zero-order valence-corrected chi connectivity index (χ0v) is 16.7. The molecule has 1 aliphatic heterocycles. The number of nitrogens with zero attached hydrogens (tertiary/aromatic N) is 2. The van der Waals surface area contributed by atoms with Gasteiger partial charge in [-0.1, -0.05) is 44.9 Å². The van der Waals surface area contributed by atoms with E-state index in [1.807, 2.05) is 20.8 Å². The zero-order valence-electron chi connectivity index (χ0n) is 16.7. The molecule has 1 aliphatic carbocycles. The molecular formula is C21H27F3N2O2. The van der Waals surface area contributed by atoms with Gasteiger partial charge in [-0.05, 0) is 49.7 Å². The molecule has 1 amide bonds. The number of hydrogen-bond acceptors (Lipinski definition) is 3. The van der Waals surface area contributed by atoms with Gasteiger partial charge in [0.05, 0.1) is 5.92 Å². The van der Waals surface area contributed by atoms with Crippen molar-refractivity contribution in [2.45, 2.75) is 65.3 Å². The number of alkyl halides is 3. The van der Waals surface area contributed by atoms with Gasteiger partial charge in [0.2, 0.25) is 0 Å². The third-order valence-electron chi connectivity index (χ3n) is 6.60. The first kappa shape index (κ1) is 20.8. The highest BCUT2D eigenvalue weighted by molar-refractivity contribution is 5.99. The summed E-state index contributed by atoms with van der Waals surface area (Å²) in [5, 5.41) is 15.2. The third-order valence-corrected chi connectivity index (χ3v) is 6.60. The van der Waals surface area contributed by atoms with Gasteiger partial charge in [-0.3, -0.25) is 4.79 Å². The summed E-state index contributed by atoms with van der Waals surface area (Å²) in [5.74, 6) is -2.15. The van der Waals surface area contributed by atoms with Gasteiger partial charge in [-0.15, -0.1) is 0 Å². The second-order valence-corrected chi connectivity index (χ2v) is 8.67. The molecule has 7 heteroatoms. The molecule has 1 fully saturated rings. The summed E-state index contributed by atoms with van der Waals surface area (Å²) < 4.78 is 42.3. The summed E-state index contributed by atoms with van der Waals surface area (Å²) in [5.41, 5.74) is -2.37. The van der Waals surface area contributed by atoms with Crippen LogP contribution in [0.2, 0.25) is 0 Å². The Bertz CT molecular complexity index is 803. The molecule has 1 aromatic carbocycles. The van der Waals surface area contributed by atoms with Crippen LogP contribution in [0.1, 0.15) is 62.4 Å². The van der Waals surface area contributed by atoms with E-state index < -0.39 is 23.7 Å². The Morgan fingerprint density at radius 3 is 2.61 bits per heavy atom. The zero-order chi connectivity index (χ0) is 20.9. The number of hydrazone groups is 1. The van der Waals surface area contributed by atoms with Crippen LogP contribution < -0.4 is 0 Å². The topological polar surface area (TPSA) is 52.9 Å². The number of fused-ring (bicyclic) bond motifs is 1. The fourth-order valence-electron chi connectivity index (χ4n) is 4.32. The molecule has 1 heterocycles. The van der Waals surface area contributed by atoms with E-state index in [0.29, 0.717) is 12.8 Å². The van der Waals surface area contributed by atoms with Gasteiger partial charge in [0.15, 0.2) is 0 Å². The summed E-state index contributed by atoms with van der Waals surface area (Å²) in [6.45, 7) is 7.84. The molecule has 0 aromatic heterocycles. The highest BCUT2D eigenvalue weighted by Gasteiger charge is 2.69. The van der Waals surface area contributed by atoms with Gasteiger partial charge in [0, 0.05) is 11.3 Å². The second kappa shape index (κ2) is 6.87. The Hall–Kier alpha value is -1.89. The van der Waals surface area contributed by atoms with Gasteiger partial charge in [-0.25, -0.2) is 0 Å². The van der Waals surface area contributed by atoms with Crippen molar-refractivity contribution in [2.24, 2.45) is 22.4 Å². The van der Waals surface area contributed by atoms with E-state index >= 15 is 0 Å². The molecule has 3 rings (SSSR count). The van der Waals surface area contributed by atoms with Gasteiger partial charge in [0.25, 0.3) is 11.6 Å². The first-order valence-electron chi connectivity index (χ1n) is 9.69. The Balaban J connectivity index is 2.01. The number of halogens is 3. The van der Waals surface area contributed by atoms with E-state index in [9.17, 15) is 23.1 Å². The van der Waals surface area contributed by atoms with Crippen molar-refractivity contribution in [1.82, 2.24) is 5.01 Å². The van der Waals surface area contributed by atoms with Crippen LogP contribution in [0.25, 0.3) is 0 Å². The second-order valence-electron chi connectivity index (χ2n) is 8.67. The maximum Gasteiger partial charge on any atom is 0.439 e. The molecule has 1 saturated carbocycles. The smallest absolute Gasteiger partial charge is 0.362 e. The normalized spacial score (nSPS) is 28.1. The highest BCUT2D eigenvalue weighted by Crippen LogP contribution is 2.52. The lowest BCUT2D eigenvalue weighted by Crippen LogP contribution is -2.62. The first-order chi connectivity index (χ1) is 12.9. The lowest BCUT2D eigenvalue weighted by molar-refractivity contribution is -0.314. The number of amides is 1. The molecule has 0 radical (unpaired) electrons. The monoisotopic (exact) mass is 396 g/mol. The summed E-state index contributed by atoms with van der Waals surface area (Å²) in [4.78, 5) is 12.9. The van der Waals surface area contributed by atoms with Crippen molar-refractivity contribution in [1.29, 1.82) is 0 Å². The average Bonchev–Trinajstić information content (AvgIpc) is 2.94. The molecule has 2 aliphatic rings. The molecule has 0 bridgehead atoms. The maximum absolute atomic E-state index is 14.1. The Morgan fingerprint density at radius 1 is 1.36 bits per heavy atom. The summed E-state index contributed by atoms with van der Waals surface area (Å²) in [6.07, 6.45) is -2.97. The van der Waals surface area contributed by atoms with Crippen LogP contribution >= 0.6 is 0 Å². The quantitative estimate of drug-likeness (QED) is 0.789. The molecule has 1 aromatic rings. The first-order valence-corrected chi connectivity index (χ1v) is 9.69. The highest BCUT2D eigenvalue weighted by atomic mass is 19.4. The van der Waals surface area contributed by atoms with Crippen molar-refractivity contribution in [3.05, 3.63) is 35.4 Å². The largest absolute Gasteiger partial charge is 0.439 e. The Kier molecular flexibility index (Phi) is 5.11. The van der Waals surface area contributed by atoms with Crippen molar-refractivity contribution in [2.75, 3.05) is 0 Å². The molecule has 4 nitrogen and oxygen atoms in total. The minimum atomic E-state index is -5.01. The summed E-state index contributed by atoms with van der Waals surface area (Å²) >= 11 is 0. The molecule has 0 spiro atoms. The standard InChI is InChI=1S/C21H27F3N2O2/c1-5-19(3,4)15-9-10-17-16(12-15)20(28,21(22,23)24)26(25-17)18(27)14-8-6-7-13(2)11-14/h6-8,11,15-16,28H,5,9-10,12H2,1-4H3/t15-,16-,20+/m1/s1. The van der Waals surface area contributed by atoms with Gasteiger partial charge < -0.3 is 5.11 Å². The Labute approximate surface area is 163 Å². The molecule has 3 atom stereocenters. The van der Waals surface area contributed by atoms with E-state index in [1.54, 1.807) is 19.1 Å². The van der Waals surface area contributed by atoms with Crippen LogP contribution in [0.4, 0.5) is 13.2 Å². The van der Waals surface area contributed by atoms with E-state index in [1.165, 1.54) is 12.1 Å². The number of carbonyl (C=O) groups is 1. The SMILES string of the molecule is CCC(C)(C)[C@@H]1CCC2=NN(C(=O)c3cccc(C)c3)[C@@](O)(C(F)(F)F)[C@@H]2C1. The number of carbonyl (C=O) groups excluding carboxylic acids is 1. The third kappa shape index (κ3) is 3.23. The van der Waals surface area contributed by atoms with Crippen molar-refractivity contribution >= 4 is 11.6 Å². The van der Waals surface area contributed by atoms with Gasteiger partial charge in [-0.2, -0.15) is 23.3 Å². The number of hydrogen-bond donors (Lipinski definition) is 1.